The standard InChI is InChI=1S/C22H19NO/c24-22-19-14-8-7-13-18(19)21(23-17-11-5-2-6-12-17)20(22)15-16-9-3-1-4-10-16/h1-15,21-24H/b20-15+. The Balaban J connectivity index is 1.78. The third-order valence-electron chi connectivity index (χ3n) is 4.47. The Labute approximate surface area is 142 Å². The maximum absolute atomic E-state index is 10.8. The molecule has 1 aliphatic carbocycles. The zero-order valence-corrected chi connectivity index (χ0v) is 13.3. The van der Waals surface area contributed by atoms with Crippen molar-refractivity contribution in [3.05, 3.63) is 107 Å². The van der Waals surface area contributed by atoms with Crippen LogP contribution in [0, 0.1) is 0 Å². The van der Waals surface area contributed by atoms with E-state index in [2.05, 4.69) is 29.6 Å². The summed E-state index contributed by atoms with van der Waals surface area (Å²) in [5.74, 6) is 0. The zero-order valence-electron chi connectivity index (χ0n) is 13.3. The lowest BCUT2D eigenvalue weighted by Gasteiger charge is -2.18. The number of aliphatic hydroxyl groups is 1. The molecule has 24 heavy (non-hydrogen) atoms. The number of rotatable bonds is 3. The highest BCUT2D eigenvalue weighted by atomic mass is 16.3. The van der Waals surface area contributed by atoms with Crippen LogP contribution in [0.5, 0.6) is 0 Å². The van der Waals surface area contributed by atoms with Gasteiger partial charge in [-0.05, 0) is 34.4 Å². The van der Waals surface area contributed by atoms with Gasteiger partial charge in [-0.15, -0.1) is 0 Å². The molecule has 0 saturated heterocycles. The monoisotopic (exact) mass is 313 g/mol. The summed E-state index contributed by atoms with van der Waals surface area (Å²) >= 11 is 0. The minimum absolute atomic E-state index is 0.0289. The van der Waals surface area contributed by atoms with Crippen molar-refractivity contribution in [3.8, 4) is 0 Å². The third-order valence-corrected chi connectivity index (χ3v) is 4.47. The molecule has 4 rings (SSSR count). The molecule has 2 heteroatoms. The van der Waals surface area contributed by atoms with Crippen molar-refractivity contribution in [1.29, 1.82) is 0 Å². The van der Waals surface area contributed by atoms with E-state index in [0.29, 0.717) is 0 Å². The maximum Gasteiger partial charge on any atom is 0.103 e. The van der Waals surface area contributed by atoms with E-state index in [-0.39, 0.29) is 6.04 Å². The van der Waals surface area contributed by atoms with Crippen LogP contribution in [-0.2, 0) is 0 Å². The zero-order chi connectivity index (χ0) is 16.4. The van der Waals surface area contributed by atoms with Gasteiger partial charge in [0.1, 0.15) is 6.10 Å². The fourth-order valence-electron chi connectivity index (χ4n) is 3.31. The second-order valence-corrected chi connectivity index (χ2v) is 6.03. The molecule has 2 N–H and O–H groups in total. The van der Waals surface area contributed by atoms with E-state index in [1.165, 1.54) is 0 Å². The van der Waals surface area contributed by atoms with Gasteiger partial charge >= 0.3 is 0 Å². The highest BCUT2D eigenvalue weighted by molar-refractivity contribution is 5.64. The molecule has 0 heterocycles. The summed E-state index contributed by atoms with van der Waals surface area (Å²) in [6.07, 6.45) is 1.51. The van der Waals surface area contributed by atoms with Gasteiger partial charge in [0.05, 0.1) is 6.04 Å². The number of nitrogens with one attached hydrogen (secondary N) is 1. The SMILES string of the molecule is OC1/C(=C/c2ccccc2)C(Nc2ccccc2)c2ccccc21. The second-order valence-electron chi connectivity index (χ2n) is 6.03. The average Bonchev–Trinajstić information content (AvgIpc) is 2.90. The summed E-state index contributed by atoms with van der Waals surface area (Å²) in [5, 5.41) is 14.4. The van der Waals surface area contributed by atoms with E-state index in [1.54, 1.807) is 0 Å². The third kappa shape index (κ3) is 2.72. The van der Waals surface area contributed by atoms with Gasteiger partial charge in [-0.1, -0.05) is 78.9 Å². The summed E-state index contributed by atoms with van der Waals surface area (Å²) in [4.78, 5) is 0. The van der Waals surface area contributed by atoms with Crippen LogP contribution in [0.4, 0.5) is 5.69 Å². The van der Waals surface area contributed by atoms with Gasteiger partial charge in [0.15, 0.2) is 0 Å². The second kappa shape index (κ2) is 6.34. The first-order valence-electron chi connectivity index (χ1n) is 8.18. The van der Waals surface area contributed by atoms with Crippen LogP contribution in [0.3, 0.4) is 0 Å². The van der Waals surface area contributed by atoms with Crippen LogP contribution >= 0.6 is 0 Å². The predicted octanol–water partition coefficient (Wildman–Crippen LogP) is 4.97. The van der Waals surface area contributed by atoms with Gasteiger partial charge in [0, 0.05) is 5.69 Å². The number of fused-ring (bicyclic) bond motifs is 1. The molecular formula is C22H19NO. The minimum Gasteiger partial charge on any atom is -0.384 e. The Bertz CT molecular complexity index is 855. The summed E-state index contributed by atoms with van der Waals surface area (Å²) in [6, 6.07) is 28.3. The Morgan fingerprint density at radius 2 is 1.29 bits per heavy atom. The van der Waals surface area contributed by atoms with Crippen LogP contribution in [0.1, 0.15) is 28.8 Å². The van der Waals surface area contributed by atoms with Crippen molar-refractivity contribution in [2.75, 3.05) is 5.32 Å². The Hall–Kier alpha value is -2.84. The van der Waals surface area contributed by atoms with E-state index in [9.17, 15) is 5.11 Å². The largest absolute Gasteiger partial charge is 0.384 e. The fraction of sp³-hybridized carbons (Fsp3) is 0.0909. The fourth-order valence-corrected chi connectivity index (χ4v) is 3.31. The van der Waals surface area contributed by atoms with Crippen molar-refractivity contribution in [2.45, 2.75) is 12.1 Å². The Morgan fingerprint density at radius 3 is 2.00 bits per heavy atom. The first-order chi connectivity index (χ1) is 11.8. The van der Waals surface area contributed by atoms with Crippen molar-refractivity contribution in [1.82, 2.24) is 0 Å². The van der Waals surface area contributed by atoms with Gasteiger partial charge in [-0.2, -0.15) is 0 Å². The normalized spacial score (nSPS) is 20.8. The maximum atomic E-state index is 10.8. The summed E-state index contributed by atoms with van der Waals surface area (Å²) < 4.78 is 0. The van der Waals surface area contributed by atoms with E-state index >= 15 is 0 Å². The van der Waals surface area contributed by atoms with E-state index < -0.39 is 6.10 Å². The Morgan fingerprint density at radius 1 is 0.708 bits per heavy atom. The molecule has 3 aromatic rings. The van der Waals surface area contributed by atoms with Crippen LogP contribution < -0.4 is 5.32 Å². The van der Waals surface area contributed by atoms with E-state index in [4.69, 9.17) is 0 Å². The summed E-state index contributed by atoms with van der Waals surface area (Å²) in [6.45, 7) is 0. The van der Waals surface area contributed by atoms with Gasteiger partial charge in [0.2, 0.25) is 0 Å². The molecule has 0 fully saturated rings. The molecule has 0 saturated carbocycles. The lowest BCUT2D eigenvalue weighted by molar-refractivity contribution is 0.220. The van der Waals surface area contributed by atoms with Gasteiger partial charge in [-0.3, -0.25) is 0 Å². The first kappa shape index (κ1) is 14.7. The minimum atomic E-state index is -0.581. The van der Waals surface area contributed by atoms with Gasteiger partial charge in [-0.25, -0.2) is 0 Å². The van der Waals surface area contributed by atoms with Crippen LogP contribution in [-0.4, -0.2) is 5.11 Å². The molecule has 3 aromatic carbocycles. The lowest BCUT2D eigenvalue weighted by Crippen LogP contribution is -2.10. The molecule has 2 unspecified atom stereocenters. The van der Waals surface area contributed by atoms with Gasteiger partial charge in [0.25, 0.3) is 0 Å². The smallest absolute Gasteiger partial charge is 0.103 e. The van der Waals surface area contributed by atoms with Crippen molar-refractivity contribution in [3.63, 3.8) is 0 Å². The predicted molar refractivity (Wildman–Crippen MR) is 98.6 cm³/mol. The number of para-hydroxylation sites is 1. The Kier molecular flexibility index (Phi) is 3.89. The van der Waals surface area contributed by atoms with E-state index in [1.807, 2.05) is 66.7 Å². The molecule has 0 bridgehead atoms. The van der Waals surface area contributed by atoms with Crippen LogP contribution in [0.2, 0.25) is 0 Å². The highest BCUT2D eigenvalue weighted by Gasteiger charge is 2.34. The number of aliphatic hydroxyl groups excluding tert-OH is 1. The molecule has 0 aromatic heterocycles. The number of anilines is 1. The van der Waals surface area contributed by atoms with Crippen molar-refractivity contribution >= 4 is 11.8 Å². The van der Waals surface area contributed by atoms with Gasteiger partial charge < -0.3 is 10.4 Å². The first-order valence-corrected chi connectivity index (χ1v) is 8.18. The molecule has 0 amide bonds. The molecule has 0 spiro atoms. The van der Waals surface area contributed by atoms with Crippen molar-refractivity contribution < 1.29 is 5.11 Å². The van der Waals surface area contributed by atoms with Crippen LogP contribution in [0.25, 0.3) is 6.08 Å². The molecule has 0 radical (unpaired) electrons. The summed E-state index contributed by atoms with van der Waals surface area (Å²) in [7, 11) is 0. The molecule has 1 aliphatic rings. The van der Waals surface area contributed by atoms with Crippen molar-refractivity contribution in [2.24, 2.45) is 0 Å². The lowest BCUT2D eigenvalue weighted by atomic mass is 10.0. The highest BCUT2D eigenvalue weighted by Crippen LogP contribution is 2.45. The number of hydrogen-bond acceptors (Lipinski definition) is 2. The van der Waals surface area contributed by atoms with Crippen LogP contribution in [0.15, 0.2) is 90.5 Å². The van der Waals surface area contributed by atoms with E-state index in [0.717, 1.165) is 28.0 Å². The molecule has 118 valence electrons. The topological polar surface area (TPSA) is 32.3 Å². The molecule has 2 nitrogen and oxygen atoms in total. The quantitative estimate of drug-likeness (QED) is 0.715. The molecular weight excluding hydrogens is 294 g/mol. The summed E-state index contributed by atoms with van der Waals surface area (Å²) in [5.41, 5.74) is 5.24. The average molecular weight is 313 g/mol. The number of hydrogen-bond donors (Lipinski definition) is 2. The molecule has 2 atom stereocenters. The molecule has 0 aliphatic heterocycles. The number of benzene rings is 3.